The van der Waals surface area contributed by atoms with Crippen molar-refractivity contribution in [3.05, 3.63) is 121 Å². The molecule has 1 heterocycles. The molecule has 2 fully saturated rings. The number of ether oxygens (including phenoxy) is 4. The maximum Gasteiger partial charge on any atom is 0.223 e. The quantitative estimate of drug-likeness (QED) is 0.201. The molecule has 6 rings (SSSR count). The van der Waals surface area contributed by atoms with Gasteiger partial charge in [0, 0.05) is 39.4 Å². The van der Waals surface area contributed by atoms with Crippen LogP contribution in [0.5, 0.6) is 0 Å². The Bertz CT molecular complexity index is 1200. The summed E-state index contributed by atoms with van der Waals surface area (Å²) in [6.07, 6.45) is 4.88. The van der Waals surface area contributed by atoms with Gasteiger partial charge in [0.15, 0.2) is 0 Å². The topological polar surface area (TPSA) is 36.9 Å². The van der Waals surface area contributed by atoms with Crippen LogP contribution in [-0.4, -0.2) is 50.3 Å². The molecule has 2 aliphatic rings. The predicted molar refractivity (Wildman–Crippen MR) is 176 cm³/mol. The second-order valence-electron chi connectivity index (χ2n) is 11.0. The van der Waals surface area contributed by atoms with Crippen LogP contribution in [0.2, 0.25) is 0 Å². The standard InChI is InChI=1S/C36H40O4P2/c1-37-35-25-15-16-26-36(35,38-2)40-34(28-42(31-21-11-5-12-22-31)32-23-13-6-14-24-32)33(39-35)27-41(29-17-7-3-8-18-29)30-19-9-4-10-20-30/h3-14,17-24,33-34H,15-16,25-28H2,1-2H3/t33-,34-,35-,36-/m1/s1. The summed E-state index contributed by atoms with van der Waals surface area (Å²) in [6, 6.07) is 43.5. The van der Waals surface area contributed by atoms with Crippen LogP contribution in [0.25, 0.3) is 0 Å². The minimum atomic E-state index is -0.933. The number of rotatable bonds is 10. The SMILES string of the molecule is CO[C@@]12CCCC[C@@]1(OC)O[C@H](CP(c1ccccc1)c1ccccc1)[C@@H](CP(c1ccccc1)c1ccccc1)O2. The lowest BCUT2D eigenvalue weighted by Crippen LogP contribution is -2.70. The van der Waals surface area contributed by atoms with Crippen molar-refractivity contribution in [3.63, 3.8) is 0 Å². The van der Waals surface area contributed by atoms with Crippen molar-refractivity contribution in [2.24, 2.45) is 0 Å². The second-order valence-corrected chi connectivity index (χ2v) is 15.5. The zero-order chi connectivity index (χ0) is 28.8. The van der Waals surface area contributed by atoms with E-state index in [1.54, 1.807) is 14.2 Å². The molecule has 4 nitrogen and oxygen atoms in total. The molecular weight excluding hydrogens is 558 g/mol. The summed E-state index contributed by atoms with van der Waals surface area (Å²) in [7, 11) is 2.09. The Labute approximate surface area is 252 Å². The molecule has 218 valence electrons. The van der Waals surface area contributed by atoms with Gasteiger partial charge in [0.25, 0.3) is 0 Å². The molecule has 42 heavy (non-hydrogen) atoms. The molecule has 0 radical (unpaired) electrons. The molecule has 4 aromatic rings. The Kier molecular flexibility index (Phi) is 9.51. The molecule has 6 heteroatoms. The van der Waals surface area contributed by atoms with Crippen molar-refractivity contribution in [1.29, 1.82) is 0 Å². The van der Waals surface area contributed by atoms with Crippen LogP contribution in [0.3, 0.4) is 0 Å². The van der Waals surface area contributed by atoms with Gasteiger partial charge in [0.2, 0.25) is 11.6 Å². The van der Waals surface area contributed by atoms with E-state index in [9.17, 15) is 0 Å². The minimum Gasteiger partial charge on any atom is -0.349 e. The van der Waals surface area contributed by atoms with Gasteiger partial charge >= 0.3 is 0 Å². The average Bonchev–Trinajstić information content (AvgIpc) is 3.07. The zero-order valence-electron chi connectivity index (χ0n) is 24.5. The number of hydrogen-bond donors (Lipinski definition) is 0. The third-order valence-corrected chi connectivity index (χ3v) is 13.7. The molecule has 0 amide bonds. The fourth-order valence-electron chi connectivity index (χ4n) is 6.47. The van der Waals surface area contributed by atoms with Gasteiger partial charge in [0.05, 0.1) is 12.2 Å². The fourth-order valence-corrected chi connectivity index (χ4v) is 11.4. The predicted octanol–water partition coefficient (Wildman–Crippen LogP) is 6.30. The van der Waals surface area contributed by atoms with E-state index in [2.05, 4.69) is 121 Å². The lowest BCUT2D eigenvalue weighted by Gasteiger charge is -2.57. The summed E-state index contributed by atoms with van der Waals surface area (Å²) in [5.74, 6) is -1.87. The van der Waals surface area contributed by atoms with E-state index in [4.69, 9.17) is 18.9 Å². The second kappa shape index (κ2) is 13.5. The number of hydrogen-bond acceptors (Lipinski definition) is 4. The van der Waals surface area contributed by atoms with Crippen LogP contribution < -0.4 is 21.2 Å². The Morgan fingerprint density at radius 2 is 0.810 bits per heavy atom. The van der Waals surface area contributed by atoms with Crippen LogP contribution in [0.1, 0.15) is 25.7 Å². The summed E-state index contributed by atoms with van der Waals surface area (Å²) >= 11 is 0. The van der Waals surface area contributed by atoms with E-state index in [1.807, 2.05) is 0 Å². The van der Waals surface area contributed by atoms with E-state index in [1.165, 1.54) is 21.2 Å². The Morgan fingerprint density at radius 1 is 0.524 bits per heavy atom. The molecule has 1 saturated carbocycles. The van der Waals surface area contributed by atoms with Gasteiger partial charge in [-0.2, -0.15) is 0 Å². The first-order valence-corrected chi connectivity index (χ1v) is 17.9. The largest absolute Gasteiger partial charge is 0.349 e. The minimum absolute atomic E-state index is 0.171. The van der Waals surface area contributed by atoms with E-state index < -0.39 is 27.4 Å². The molecule has 1 aliphatic heterocycles. The molecule has 4 atom stereocenters. The Hall–Kier alpha value is -2.42. The van der Waals surface area contributed by atoms with Crippen LogP contribution in [0.15, 0.2) is 121 Å². The lowest BCUT2D eigenvalue weighted by atomic mass is 9.85. The number of methoxy groups -OCH3 is 2. The number of fused-ring (bicyclic) bond motifs is 1. The van der Waals surface area contributed by atoms with Crippen LogP contribution in [0.4, 0.5) is 0 Å². The maximum atomic E-state index is 7.23. The van der Waals surface area contributed by atoms with Gasteiger partial charge in [-0.3, -0.25) is 0 Å². The highest BCUT2D eigenvalue weighted by Gasteiger charge is 2.63. The molecule has 1 saturated heterocycles. The Morgan fingerprint density at radius 3 is 1.07 bits per heavy atom. The normalized spacial score (nSPS) is 25.8. The van der Waals surface area contributed by atoms with E-state index >= 15 is 0 Å². The van der Waals surface area contributed by atoms with E-state index in [0.29, 0.717) is 0 Å². The smallest absolute Gasteiger partial charge is 0.223 e. The highest BCUT2D eigenvalue weighted by molar-refractivity contribution is 7.73. The van der Waals surface area contributed by atoms with E-state index in [-0.39, 0.29) is 12.2 Å². The number of benzene rings is 4. The monoisotopic (exact) mass is 598 g/mol. The first-order chi connectivity index (χ1) is 20.7. The van der Waals surface area contributed by atoms with Gasteiger partial charge < -0.3 is 18.9 Å². The molecule has 0 spiro atoms. The summed E-state index contributed by atoms with van der Waals surface area (Å²) in [6.45, 7) is 0. The zero-order valence-corrected chi connectivity index (χ0v) is 26.3. The molecule has 0 N–H and O–H groups in total. The first kappa shape index (κ1) is 29.6. The van der Waals surface area contributed by atoms with Crippen molar-refractivity contribution in [2.75, 3.05) is 26.5 Å². The summed E-state index contributed by atoms with van der Waals surface area (Å²) < 4.78 is 27.0. The van der Waals surface area contributed by atoms with E-state index in [0.717, 1.165) is 38.0 Å². The van der Waals surface area contributed by atoms with Crippen LogP contribution in [-0.2, 0) is 18.9 Å². The highest BCUT2D eigenvalue weighted by atomic mass is 31.1. The van der Waals surface area contributed by atoms with Crippen molar-refractivity contribution < 1.29 is 18.9 Å². The molecule has 0 bridgehead atoms. The van der Waals surface area contributed by atoms with Crippen LogP contribution >= 0.6 is 15.8 Å². The third kappa shape index (κ3) is 6.00. The third-order valence-electron chi connectivity index (χ3n) is 8.60. The highest BCUT2D eigenvalue weighted by Crippen LogP contribution is 2.52. The summed E-state index contributed by atoms with van der Waals surface area (Å²) in [5, 5.41) is 5.36. The van der Waals surface area contributed by atoms with Crippen molar-refractivity contribution >= 4 is 37.1 Å². The van der Waals surface area contributed by atoms with Gasteiger partial charge in [-0.25, -0.2) is 0 Å². The first-order valence-electron chi connectivity index (χ1n) is 14.9. The summed E-state index contributed by atoms with van der Waals surface area (Å²) in [5.41, 5.74) is 0. The van der Waals surface area contributed by atoms with Crippen molar-refractivity contribution in [3.8, 4) is 0 Å². The van der Waals surface area contributed by atoms with Gasteiger partial charge in [-0.05, 0) is 49.9 Å². The molecular formula is C36H40O4P2. The average molecular weight is 599 g/mol. The van der Waals surface area contributed by atoms with Gasteiger partial charge in [-0.15, -0.1) is 0 Å². The fraction of sp³-hybridized carbons (Fsp3) is 0.333. The lowest BCUT2D eigenvalue weighted by molar-refractivity contribution is -0.464. The maximum absolute atomic E-state index is 7.23. The molecule has 4 aromatic carbocycles. The molecule has 0 aromatic heterocycles. The molecule has 1 aliphatic carbocycles. The van der Waals surface area contributed by atoms with Crippen molar-refractivity contribution in [2.45, 2.75) is 49.5 Å². The van der Waals surface area contributed by atoms with Crippen LogP contribution in [0, 0.1) is 0 Å². The van der Waals surface area contributed by atoms with Gasteiger partial charge in [0.1, 0.15) is 0 Å². The van der Waals surface area contributed by atoms with Crippen molar-refractivity contribution in [1.82, 2.24) is 0 Å². The van der Waals surface area contributed by atoms with Gasteiger partial charge in [-0.1, -0.05) is 121 Å². The molecule has 0 unspecified atom stereocenters. The summed E-state index contributed by atoms with van der Waals surface area (Å²) in [4.78, 5) is 0. The Balaban J connectivity index is 1.42.